The normalized spacial score (nSPS) is 9.79. The number of aromatic nitrogens is 1. The number of rotatable bonds is 2. The summed E-state index contributed by atoms with van der Waals surface area (Å²) >= 11 is 0. The van der Waals surface area contributed by atoms with E-state index < -0.39 is 0 Å². The molecule has 1 aromatic carbocycles. The second-order valence-electron chi connectivity index (χ2n) is 3.04. The van der Waals surface area contributed by atoms with Crippen LogP contribution in [-0.4, -0.2) is 4.98 Å². The molecule has 0 fully saturated rings. The van der Waals surface area contributed by atoms with Crippen LogP contribution in [0.2, 0.25) is 0 Å². The molecule has 0 aliphatic heterocycles. The quantitative estimate of drug-likeness (QED) is 0.716. The number of benzene rings is 1. The van der Waals surface area contributed by atoms with Crippen LogP contribution in [0.15, 0.2) is 48.7 Å². The van der Waals surface area contributed by atoms with Gasteiger partial charge in [-0.05, 0) is 24.6 Å². The van der Waals surface area contributed by atoms with Gasteiger partial charge in [0.15, 0.2) is 0 Å². The van der Waals surface area contributed by atoms with E-state index in [0.29, 0.717) is 5.88 Å². The van der Waals surface area contributed by atoms with E-state index in [0.717, 1.165) is 11.3 Å². The average molecular weight is 185 g/mol. The molecule has 0 aliphatic carbocycles. The highest BCUT2D eigenvalue weighted by atomic mass is 16.5. The van der Waals surface area contributed by atoms with Crippen LogP contribution in [0.25, 0.3) is 0 Å². The van der Waals surface area contributed by atoms with Crippen LogP contribution in [0.5, 0.6) is 11.6 Å². The Morgan fingerprint density at radius 3 is 2.50 bits per heavy atom. The van der Waals surface area contributed by atoms with Crippen molar-refractivity contribution in [3.05, 3.63) is 54.2 Å². The van der Waals surface area contributed by atoms with Crippen molar-refractivity contribution in [2.24, 2.45) is 0 Å². The third-order valence-corrected chi connectivity index (χ3v) is 1.95. The van der Waals surface area contributed by atoms with Crippen LogP contribution in [0, 0.1) is 6.92 Å². The van der Waals surface area contributed by atoms with Crippen LogP contribution in [0.1, 0.15) is 5.56 Å². The topological polar surface area (TPSA) is 22.1 Å². The minimum absolute atomic E-state index is 0.627. The Morgan fingerprint density at radius 2 is 1.79 bits per heavy atom. The standard InChI is InChI=1S/C12H11NO/c1-10-6-2-3-7-11(10)14-12-8-4-5-9-13-12/h2-9H,1H3. The number of nitrogens with zero attached hydrogens (tertiary/aromatic N) is 1. The van der Waals surface area contributed by atoms with Gasteiger partial charge in [0.25, 0.3) is 0 Å². The highest BCUT2D eigenvalue weighted by Gasteiger charge is 1.99. The van der Waals surface area contributed by atoms with E-state index in [2.05, 4.69) is 4.98 Å². The van der Waals surface area contributed by atoms with Gasteiger partial charge in [-0.2, -0.15) is 0 Å². The van der Waals surface area contributed by atoms with Crippen LogP contribution in [-0.2, 0) is 0 Å². The third kappa shape index (κ3) is 1.91. The molecule has 1 aromatic heterocycles. The van der Waals surface area contributed by atoms with Crippen molar-refractivity contribution in [3.8, 4) is 11.6 Å². The molecule has 1 heterocycles. The summed E-state index contributed by atoms with van der Waals surface area (Å²) in [6.07, 6.45) is 1.72. The lowest BCUT2D eigenvalue weighted by Crippen LogP contribution is -1.88. The second kappa shape index (κ2) is 3.92. The molecule has 0 spiro atoms. The lowest BCUT2D eigenvalue weighted by Gasteiger charge is -2.06. The first-order valence-corrected chi connectivity index (χ1v) is 4.51. The van der Waals surface area contributed by atoms with Gasteiger partial charge in [-0.1, -0.05) is 24.3 Å². The van der Waals surface area contributed by atoms with Crippen LogP contribution in [0.3, 0.4) is 0 Å². The van der Waals surface area contributed by atoms with Crippen molar-refractivity contribution < 1.29 is 4.74 Å². The fraction of sp³-hybridized carbons (Fsp3) is 0.0833. The molecule has 70 valence electrons. The van der Waals surface area contributed by atoms with E-state index in [-0.39, 0.29) is 0 Å². The van der Waals surface area contributed by atoms with Gasteiger partial charge in [0, 0.05) is 12.3 Å². The summed E-state index contributed by atoms with van der Waals surface area (Å²) in [6, 6.07) is 13.5. The summed E-state index contributed by atoms with van der Waals surface area (Å²) in [5, 5.41) is 0. The Labute approximate surface area is 83.2 Å². The van der Waals surface area contributed by atoms with Crippen LogP contribution >= 0.6 is 0 Å². The highest BCUT2D eigenvalue weighted by molar-refractivity contribution is 5.34. The smallest absolute Gasteiger partial charge is 0.219 e. The van der Waals surface area contributed by atoms with Gasteiger partial charge in [-0.3, -0.25) is 0 Å². The van der Waals surface area contributed by atoms with Crippen molar-refractivity contribution in [1.82, 2.24) is 4.98 Å². The number of hydrogen-bond donors (Lipinski definition) is 0. The summed E-state index contributed by atoms with van der Waals surface area (Å²) < 4.78 is 5.60. The molecule has 0 radical (unpaired) electrons. The van der Waals surface area contributed by atoms with Crippen molar-refractivity contribution in [1.29, 1.82) is 0 Å². The molecule has 2 rings (SSSR count). The highest BCUT2D eigenvalue weighted by Crippen LogP contribution is 2.22. The van der Waals surface area contributed by atoms with E-state index >= 15 is 0 Å². The van der Waals surface area contributed by atoms with E-state index in [4.69, 9.17) is 4.74 Å². The van der Waals surface area contributed by atoms with E-state index in [1.807, 2.05) is 49.4 Å². The first-order chi connectivity index (χ1) is 6.86. The Balaban J connectivity index is 2.24. The fourth-order valence-corrected chi connectivity index (χ4v) is 1.19. The summed E-state index contributed by atoms with van der Waals surface area (Å²) in [7, 11) is 0. The van der Waals surface area contributed by atoms with Crippen LogP contribution < -0.4 is 4.74 Å². The van der Waals surface area contributed by atoms with Crippen molar-refractivity contribution in [3.63, 3.8) is 0 Å². The molecule has 2 heteroatoms. The summed E-state index contributed by atoms with van der Waals surface area (Å²) in [4.78, 5) is 4.09. The molecule has 0 saturated heterocycles. The molecule has 0 N–H and O–H groups in total. The van der Waals surface area contributed by atoms with Gasteiger partial charge < -0.3 is 4.74 Å². The molecule has 0 unspecified atom stereocenters. The minimum Gasteiger partial charge on any atom is -0.439 e. The van der Waals surface area contributed by atoms with Crippen molar-refractivity contribution in [2.45, 2.75) is 6.92 Å². The Hall–Kier alpha value is -1.83. The number of hydrogen-bond acceptors (Lipinski definition) is 2. The molecule has 2 nitrogen and oxygen atoms in total. The zero-order valence-corrected chi connectivity index (χ0v) is 7.97. The average Bonchev–Trinajstić information content (AvgIpc) is 2.23. The lowest BCUT2D eigenvalue weighted by molar-refractivity contribution is 0.459. The van der Waals surface area contributed by atoms with Gasteiger partial charge in [0.1, 0.15) is 5.75 Å². The zero-order valence-electron chi connectivity index (χ0n) is 7.97. The fourth-order valence-electron chi connectivity index (χ4n) is 1.19. The molecule has 0 bridgehead atoms. The van der Waals surface area contributed by atoms with Crippen molar-refractivity contribution in [2.75, 3.05) is 0 Å². The Bertz CT molecular complexity index is 412. The molecular weight excluding hydrogens is 174 g/mol. The maximum atomic E-state index is 5.60. The predicted molar refractivity (Wildman–Crippen MR) is 55.5 cm³/mol. The third-order valence-electron chi connectivity index (χ3n) is 1.95. The Kier molecular flexibility index (Phi) is 2.45. The summed E-state index contributed by atoms with van der Waals surface area (Å²) in [6.45, 7) is 2.01. The molecular formula is C12H11NO. The molecule has 0 aliphatic rings. The zero-order chi connectivity index (χ0) is 9.80. The van der Waals surface area contributed by atoms with Gasteiger partial charge in [-0.15, -0.1) is 0 Å². The maximum Gasteiger partial charge on any atom is 0.219 e. The van der Waals surface area contributed by atoms with Crippen LogP contribution in [0.4, 0.5) is 0 Å². The number of aryl methyl sites for hydroxylation is 1. The summed E-state index contributed by atoms with van der Waals surface area (Å²) in [5.74, 6) is 1.48. The molecule has 2 aromatic rings. The second-order valence-corrected chi connectivity index (χ2v) is 3.04. The monoisotopic (exact) mass is 185 g/mol. The van der Waals surface area contributed by atoms with E-state index in [9.17, 15) is 0 Å². The van der Waals surface area contributed by atoms with E-state index in [1.54, 1.807) is 6.20 Å². The van der Waals surface area contributed by atoms with E-state index in [1.165, 1.54) is 0 Å². The first kappa shape index (κ1) is 8.75. The summed E-state index contributed by atoms with van der Waals surface area (Å²) in [5.41, 5.74) is 1.11. The number of para-hydroxylation sites is 1. The van der Waals surface area contributed by atoms with Gasteiger partial charge in [0.2, 0.25) is 5.88 Å². The molecule has 14 heavy (non-hydrogen) atoms. The largest absolute Gasteiger partial charge is 0.439 e. The number of pyridine rings is 1. The van der Waals surface area contributed by atoms with Gasteiger partial charge in [-0.25, -0.2) is 4.98 Å². The molecule has 0 amide bonds. The van der Waals surface area contributed by atoms with Crippen molar-refractivity contribution >= 4 is 0 Å². The SMILES string of the molecule is Cc1ccccc1Oc1ccccn1. The first-order valence-electron chi connectivity index (χ1n) is 4.51. The minimum atomic E-state index is 0.627. The lowest BCUT2D eigenvalue weighted by atomic mass is 10.2. The predicted octanol–water partition coefficient (Wildman–Crippen LogP) is 3.18. The number of ether oxygens (including phenoxy) is 1. The van der Waals surface area contributed by atoms with Gasteiger partial charge >= 0.3 is 0 Å². The molecule has 0 atom stereocenters. The Morgan fingerprint density at radius 1 is 1.00 bits per heavy atom. The molecule has 0 saturated carbocycles. The van der Waals surface area contributed by atoms with Gasteiger partial charge in [0.05, 0.1) is 0 Å². The maximum absolute atomic E-state index is 5.60.